The van der Waals surface area contributed by atoms with Gasteiger partial charge < -0.3 is 0 Å². The Hall–Kier alpha value is -1.36. The molecule has 0 saturated carbocycles. The lowest BCUT2D eigenvalue weighted by Gasteiger charge is -2.08. The van der Waals surface area contributed by atoms with E-state index in [1.165, 1.54) is 5.57 Å². The highest BCUT2D eigenvalue weighted by molar-refractivity contribution is 6.09. The van der Waals surface area contributed by atoms with Gasteiger partial charge in [-0.3, -0.25) is 5.41 Å². The van der Waals surface area contributed by atoms with Crippen LogP contribution in [-0.4, -0.2) is 5.71 Å². The number of nitrogens with zero attached hydrogens (tertiary/aromatic N) is 1. The number of rotatable bonds is 1. The van der Waals surface area contributed by atoms with Gasteiger partial charge in [0.15, 0.2) is 0 Å². The molecule has 0 aromatic rings. The first-order valence-corrected chi connectivity index (χ1v) is 3.59. The van der Waals surface area contributed by atoms with Crippen molar-refractivity contribution in [2.75, 3.05) is 0 Å². The number of nitrogens with one attached hydrogen (secondary N) is 1. The first-order valence-electron chi connectivity index (χ1n) is 3.59. The first kappa shape index (κ1) is 7.74. The van der Waals surface area contributed by atoms with Crippen molar-refractivity contribution in [3.8, 4) is 6.07 Å². The van der Waals surface area contributed by atoms with Crippen molar-refractivity contribution < 1.29 is 0 Å². The van der Waals surface area contributed by atoms with Gasteiger partial charge in [-0.15, -0.1) is 0 Å². The van der Waals surface area contributed by atoms with Crippen LogP contribution in [0.2, 0.25) is 0 Å². The summed E-state index contributed by atoms with van der Waals surface area (Å²) in [5, 5.41) is 15.7. The van der Waals surface area contributed by atoms with E-state index in [0.29, 0.717) is 0 Å². The molecule has 56 valence electrons. The van der Waals surface area contributed by atoms with E-state index in [0.717, 1.165) is 18.4 Å². The number of hydrogen-bond acceptors (Lipinski definition) is 2. The third-order valence-electron chi connectivity index (χ3n) is 1.79. The Morgan fingerprint density at radius 2 is 2.27 bits per heavy atom. The van der Waals surface area contributed by atoms with Crippen LogP contribution < -0.4 is 0 Å². The summed E-state index contributed by atoms with van der Waals surface area (Å²) >= 11 is 0. The van der Waals surface area contributed by atoms with E-state index < -0.39 is 0 Å². The zero-order valence-corrected chi connectivity index (χ0v) is 6.52. The maximum atomic E-state index is 8.42. The van der Waals surface area contributed by atoms with Gasteiger partial charge in [0, 0.05) is 0 Å². The van der Waals surface area contributed by atoms with E-state index >= 15 is 0 Å². The van der Waals surface area contributed by atoms with E-state index in [4.69, 9.17) is 10.7 Å². The van der Waals surface area contributed by atoms with Crippen molar-refractivity contribution in [2.24, 2.45) is 0 Å². The second-order valence-electron chi connectivity index (χ2n) is 2.69. The fourth-order valence-electron chi connectivity index (χ4n) is 1.02. The van der Waals surface area contributed by atoms with E-state index in [1.54, 1.807) is 0 Å². The molecule has 0 radical (unpaired) electrons. The van der Waals surface area contributed by atoms with E-state index in [2.05, 4.69) is 6.92 Å². The molecule has 0 aliphatic heterocycles. The predicted molar refractivity (Wildman–Crippen MR) is 44.4 cm³/mol. The quantitative estimate of drug-likeness (QED) is 0.566. The molecule has 0 spiro atoms. The Bertz CT molecular complexity index is 276. The molecule has 2 nitrogen and oxygen atoms in total. The van der Waals surface area contributed by atoms with Crippen molar-refractivity contribution >= 4 is 5.71 Å². The number of allylic oxidation sites excluding steroid dienone is 4. The van der Waals surface area contributed by atoms with Crippen LogP contribution in [-0.2, 0) is 0 Å². The summed E-state index contributed by atoms with van der Waals surface area (Å²) in [6.45, 7) is 2.06. The fourth-order valence-corrected chi connectivity index (χ4v) is 1.02. The molecule has 0 bridgehead atoms. The predicted octanol–water partition coefficient (Wildman–Crippen LogP) is 2.20. The van der Waals surface area contributed by atoms with E-state index in [9.17, 15) is 0 Å². The molecule has 0 amide bonds. The van der Waals surface area contributed by atoms with Gasteiger partial charge in [0.05, 0.1) is 0 Å². The van der Waals surface area contributed by atoms with E-state index in [1.807, 2.05) is 18.2 Å². The third kappa shape index (κ3) is 1.78. The highest BCUT2D eigenvalue weighted by Crippen LogP contribution is 2.17. The molecule has 1 N–H and O–H groups in total. The minimum absolute atomic E-state index is 0.105. The smallest absolute Gasteiger partial charge is 0.135 e. The monoisotopic (exact) mass is 146 g/mol. The van der Waals surface area contributed by atoms with Gasteiger partial charge in [0.2, 0.25) is 0 Å². The maximum absolute atomic E-state index is 8.42. The molecule has 0 atom stereocenters. The molecule has 2 heteroatoms. The topological polar surface area (TPSA) is 47.6 Å². The van der Waals surface area contributed by atoms with Crippen LogP contribution in [0.25, 0.3) is 0 Å². The third-order valence-corrected chi connectivity index (χ3v) is 1.79. The Morgan fingerprint density at radius 1 is 1.55 bits per heavy atom. The second-order valence-corrected chi connectivity index (χ2v) is 2.69. The number of nitriles is 1. The molecule has 0 aromatic carbocycles. The highest BCUT2D eigenvalue weighted by Gasteiger charge is 2.06. The minimum Gasteiger partial charge on any atom is -0.290 e. The van der Waals surface area contributed by atoms with Crippen LogP contribution in [0.3, 0.4) is 0 Å². The summed E-state index contributed by atoms with van der Waals surface area (Å²) in [6.07, 6.45) is 5.67. The Labute approximate surface area is 66.4 Å². The normalized spacial score (nSPS) is 16.4. The van der Waals surface area contributed by atoms with Crippen molar-refractivity contribution in [1.82, 2.24) is 0 Å². The summed E-state index contributed by atoms with van der Waals surface area (Å²) in [5.41, 5.74) is 2.28. The molecule has 1 rings (SSSR count). The fraction of sp³-hybridized carbons (Fsp3) is 0.333. The number of hydrogen-bond donors (Lipinski definition) is 1. The Balaban J connectivity index is 2.78. The van der Waals surface area contributed by atoms with Gasteiger partial charge in [-0.05, 0) is 25.3 Å². The summed E-state index contributed by atoms with van der Waals surface area (Å²) in [7, 11) is 0. The Morgan fingerprint density at radius 3 is 2.73 bits per heavy atom. The van der Waals surface area contributed by atoms with E-state index in [-0.39, 0.29) is 5.71 Å². The molecule has 1 aliphatic carbocycles. The van der Waals surface area contributed by atoms with Crippen molar-refractivity contribution in [3.05, 3.63) is 23.3 Å². The summed E-state index contributed by atoms with van der Waals surface area (Å²) in [5.74, 6) is 0. The van der Waals surface area contributed by atoms with Gasteiger partial charge in [-0.25, -0.2) is 0 Å². The van der Waals surface area contributed by atoms with Gasteiger partial charge >= 0.3 is 0 Å². The van der Waals surface area contributed by atoms with Crippen molar-refractivity contribution in [2.45, 2.75) is 19.8 Å². The zero-order chi connectivity index (χ0) is 8.27. The molecule has 0 fully saturated rings. The first-order chi connectivity index (χ1) is 5.24. The summed E-state index contributed by atoms with van der Waals surface area (Å²) < 4.78 is 0. The second kappa shape index (κ2) is 3.16. The van der Waals surface area contributed by atoms with Gasteiger partial charge in [0.25, 0.3) is 0 Å². The lowest BCUT2D eigenvalue weighted by Crippen LogP contribution is -2.00. The standard InChI is InChI=1S/C9H10N2/c1-7-2-4-8(5-3-7)9(11)6-10/h2,4,11H,3,5H2,1H3. The van der Waals surface area contributed by atoms with Gasteiger partial charge in [-0.1, -0.05) is 17.7 Å². The van der Waals surface area contributed by atoms with Crippen LogP contribution in [0, 0.1) is 16.7 Å². The molecule has 11 heavy (non-hydrogen) atoms. The SMILES string of the molecule is CC1=CC=C(C(=N)C#N)CC1. The van der Waals surface area contributed by atoms with Crippen molar-refractivity contribution in [1.29, 1.82) is 10.7 Å². The summed E-state index contributed by atoms with van der Waals surface area (Å²) in [4.78, 5) is 0. The molecular formula is C9H10N2. The molecule has 0 saturated heterocycles. The lowest BCUT2D eigenvalue weighted by atomic mass is 9.97. The van der Waals surface area contributed by atoms with Crippen LogP contribution in [0.4, 0.5) is 0 Å². The largest absolute Gasteiger partial charge is 0.290 e. The zero-order valence-electron chi connectivity index (χ0n) is 6.52. The van der Waals surface area contributed by atoms with Gasteiger partial charge in [0.1, 0.15) is 11.8 Å². The van der Waals surface area contributed by atoms with Crippen LogP contribution in [0.5, 0.6) is 0 Å². The average molecular weight is 146 g/mol. The molecule has 1 aliphatic rings. The average Bonchev–Trinajstić information content (AvgIpc) is 2.05. The molecule has 0 aromatic heterocycles. The summed E-state index contributed by atoms with van der Waals surface area (Å²) in [6, 6.07) is 1.84. The van der Waals surface area contributed by atoms with Crippen molar-refractivity contribution in [3.63, 3.8) is 0 Å². The van der Waals surface area contributed by atoms with Gasteiger partial charge in [-0.2, -0.15) is 5.26 Å². The van der Waals surface area contributed by atoms with Crippen LogP contribution >= 0.6 is 0 Å². The van der Waals surface area contributed by atoms with Crippen LogP contribution in [0.1, 0.15) is 19.8 Å². The minimum atomic E-state index is 0.105. The van der Waals surface area contributed by atoms with Crippen LogP contribution in [0.15, 0.2) is 23.3 Å². The maximum Gasteiger partial charge on any atom is 0.135 e. The molecular weight excluding hydrogens is 136 g/mol. The Kier molecular flexibility index (Phi) is 2.22. The highest BCUT2D eigenvalue weighted by atomic mass is 14.4. The molecule has 0 unspecified atom stereocenters. The molecule has 0 heterocycles. The lowest BCUT2D eigenvalue weighted by molar-refractivity contribution is 0.937.